The van der Waals surface area contributed by atoms with E-state index in [2.05, 4.69) is 42.2 Å². The Bertz CT molecular complexity index is 2680. The number of primary amides is 1. The molecular formula is C53H72N10O19. The van der Waals surface area contributed by atoms with Gasteiger partial charge in [-0.2, -0.15) is 0 Å². The molecule has 2 heterocycles. The SMILES string of the molecule is NC(=O)C(Cc1ccc(O)c(O)c1)NC(=O)COCCOCCNC(=O)COCCOCCNC(=O)[C@H](CO)NC(=O)[C@H](CC(=O)O)NC(=O)[C@@H](CCCCNC(=O)CCN1C(=O)C=CC1=O)NC(=O)CCCc1c[nH]c2ccccc12. The number of aliphatic hydroxyl groups is 1. The summed E-state index contributed by atoms with van der Waals surface area (Å²) in [6, 6.07) is 5.90. The summed E-state index contributed by atoms with van der Waals surface area (Å²) < 4.78 is 21.3. The molecule has 0 aliphatic carbocycles. The number of phenols is 2. The van der Waals surface area contributed by atoms with E-state index in [9.17, 15) is 73.2 Å². The van der Waals surface area contributed by atoms with E-state index in [4.69, 9.17) is 24.7 Å². The predicted octanol–water partition coefficient (Wildman–Crippen LogP) is -3.06. The molecule has 0 radical (unpaired) electrons. The second kappa shape index (κ2) is 36.0. The van der Waals surface area contributed by atoms with Crippen LogP contribution < -0.4 is 43.0 Å². The molecule has 0 saturated heterocycles. The van der Waals surface area contributed by atoms with E-state index in [1.165, 1.54) is 18.2 Å². The highest BCUT2D eigenvalue weighted by Crippen LogP contribution is 2.25. The lowest BCUT2D eigenvalue weighted by Gasteiger charge is -2.24. The van der Waals surface area contributed by atoms with Gasteiger partial charge in [-0.15, -0.1) is 0 Å². The third-order valence-electron chi connectivity index (χ3n) is 12.2. The van der Waals surface area contributed by atoms with E-state index in [0.717, 1.165) is 33.5 Å². The number of aliphatic carboxylic acids is 1. The van der Waals surface area contributed by atoms with Crippen molar-refractivity contribution in [2.45, 2.75) is 82.0 Å². The fourth-order valence-corrected chi connectivity index (χ4v) is 7.93. The number of ether oxygens (including phenoxy) is 4. The van der Waals surface area contributed by atoms with Gasteiger partial charge in [0.25, 0.3) is 11.8 Å². The number of carbonyl (C=O) groups excluding carboxylic acids is 10. The van der Waals surface area contributed by atoms with Gasteiger partial charge in [0, 0.05) is 74.7 Å². The highest BCUT2D eigenvalue weighted by atomic mass is 16.5. The molecule has 0 spiro atoms. The average Bonchev–Trinajstić information content (AvgIpc) is 4.01. The van der Waals surface area contributed by atoms with E-state index in [1.54, 1.807) is 0 Å². The van der Waals surface area contributed by atoms with Crippen LogP contribution in [0, 0.1) is 0 Å². The highest BCUT2D eigenvalue weighted by molar-refractivity contribution is 6.13. The standard InChI is InChI=1S/C53H72N10O19/c54-50(75)38(26-33-11-12-41(65)42(66)27-33)60-46(70)32-82-25-23-79-20-17-56-45(69)31-81-24-22-80-21-18-57-51(76)40(30-64)62-53(78)39(28-49(73)74)61-52(77)37(9-3-4-16-55-43(67)15-19-63-47(71)13-14-48(63)72)59-44(68)10-5-6-34-29-58-36-8-2-1-7-35(34)36/h1-2,7-8,11-14,27,29,37-40,58,64-66H,3-6,9-10,15-26,28,30-32H2,(H2,54,75)(H,55,67)(H,56,69)(H,57,76)(H,59,68)(H,60,70)(H,61,77)(H,62,78)(H,73,74)/t37-,38?,39+,40+/m1/s1. The van der Waals surface area contributed by atoms with Gasteiger partial charge in [-0.3, -0.25) is 57.6 Å². The van der Waals surface area contributed by atoms with Crippen molar-refractivity contribution in [3.63, 3.8) is 0 Å². The summed E-state index contributed by atoms with van der Waals surface area (Å²) in [6.07, 6.45) is 4.51. The average molecular weight is 1150 g/mol. The molecule has 2 aromatic carbocycles. The Morgan fingerprint density at radius 3 is 1.90 bits per heavy atom. The number of aromatic nitrogens is 1. The number of nitrogens with zero attached hydrogens (tertiary/aromatic N) is 1. The number of rotatable bonds is 41. The normalized spacial score (nSPS) is 13.4. The summed E-state index contributed by atoms with van der Waals surface area (Å²) in [6.45, 7) is -1.39. The summed E-state index contributed by atoms with van der Waals surface area (Å²) in [5.74, 6) is -8.96. The van der Waals surface area contributed by atoms with Crippen molar-refractivity contribution in [3.8, 4) is 11.5 Å². The van der Waals surface area contributed by atoms with Gasteiger partial charge in [-0.1, -0.05) is 24.3 Å². The molecule has 29 heteroatoms. The lowest BCUT2D eigenvalue weighted by atomic mass is 10.0. The molecule has 4 rings (SSSR count). The Hall–Kier alpha value is -8.51. The summed E-state index contributed by atoms with van der Waals surface area (Å²) >= 11 is 0. The number of aliphatic hydroxyl groups excluding tert-OH is 1. The number of aromatic hydroxyl groups is 2. The van der Waals surface area contributed by atoms with Crippen LogP contribution in [0.3, 0.4) is 0 Å². The first kappa shape index (κ1) is 66.0. The first-order valence-corrected chi connectivity index (χ1v) is 26.4. The van der Waals surface area contributed by atoms with Crippen molar-refractivity contribution in [2.24, 2.45) is 5.73 Å². The van der Waals surface area contributed by atoms with E-state index >= 15 is 0 Å². The number of phenolic OH excluding ortho intramolecular Hbond substituents is 2. The number of amides is 10. The van der Waals surface area contributed by atoms with E-state index < -0.39 is 109 Å². The Labute approximate surface area is 470 Å². The van der Waals surface area contributed by atoms with Crippen LogP contribution in [-0.4, -0.2) is 205 Å². The number of H-pyrrole nitrogens is 1. The predicted molar refractivity (Wildman–Crippen MR) is 288 cm³/mol. The number of para-hydroxylation sites is 1. The van der Waals surface area contributed by atoms with Crippen molar-refractivity contribution < 1.29 is 92.1 Å². The Morgan fingerprint density at radius 2 is 1.23 bits per heavy atom. The maximum absolute atomic E-state index is 13.7. The molecule has 14 N–H and O–H groups in total. The fourth-order valence-electron chi connectivity index (χ4n) is 7.93. The summed E-state index contributed by atoms with van der Waals surface area (Å²) in [5.41, 5.74) is 7.75. The zero-order chi connectivity index (χ0) is 59.8. The number of aryl methyl sites for hydroxylation is 1. The van der Waals surface area contributed by atoms with Crippen LogP contribution in [0.25, 0.3) is 10.9 Å². The quantitative estimate of drug-likeness (QED) is 0.0152. The largest absolute Gasteiger partial charge is 0.504 e. The van der Waals surface area contributed by atoms with Crippen molar-refractivity contribution >= 4 is 75.9 Å². The lowest BCUT2D eigenvalue weighted by molar-refractivity contribution is -0.141. The number of aromatic amines is 1. The number of benzene rings is 2. The first-order valence-electron chi connectivity index (χ1n) is 26.4. The summed E-state index contributed by atoms with van der Waals surface area (Å²) in [7, 11) is 0. The number of carboxylic acid groups (broad SMARTS) is 1. The smallest absolute Gasteiger partial charge is 0.305 e. The molecule has 0 bridgehead atoms. The van der Waals surface area contributed by atoms with E-state index in [-0.39, 0.29) is 116 Å². The molecule has 3 aromatic rings. The molecule has 82 heavy (non-hydrogen) atoms. The lowest BCUT2D eigenvalue weighted by Crippen LogP contribution is -2.58. The molecule has 448 valence electrons. The number of carboxylic acids is 1. The van der Waals surface area contributed by atoms with Gasteiger partial charge >= 0.3 is 5.97 Å². The zero-order valence-electron chi connectivity index (χ0n) is 45.1. The number of unbranched alkanes of at least 4 members (excludes halogenated alkanes) is 1. The highest BCUT2D eigenvalue weighted by Gasteiger charge is 2.31. The van der Waals surface area contributed by atoms with Crippen molar-refractivity contribution in [1.29, 1.82) is 0 Å². The van der Waals surface area contributed by atoms with Gasteiger partial charge in [-0.25, -0.2) is 0 Å². The molecule has 1 aliphatic rings. The van der Waals surface area contributed by atoms with E-state index in [0.29, 0.717) is 24.8 Å². The maximum Gasteiger partial charge on any atom is 0.305 e. The Kier molecular flexibility index (Phi) is 29.0. The minimum absolute atomic E-state index is 0.000945. The number of fused-ring (bicyclic) bond motifs is 1. The second-order valence-electron chi connectivity index (χ2n) is 18.5. The number of hydrogen-bond donors (Lipinski definition) is 13. The monoisotopic (exact) mass is 1150 g/mol. The van der Waals surface area contributed by atoms with Crippen LogP contribution in [0.4, 0.5) is 0 Å². The van der Waals surface area contributed by atoms with Crippen LogP contribution in [0.5, 0.6) is 11.5 Å². The summed E-state index contributed by atoms with van der Waals surface area (Å²) in [5, 5.41) is 57.2. The summed E-state index contributed by atoms with van der Waals surface area (Å²) in [4.78, 5) is 141. The second-order valence-corrected chi connectivity index (χ2v) is 18.5. The van der Waals surface area contributed by atoms with E-state index in [1.807, 2.05) is 30.5 Å². The Morgan fingerprint density at radius 1 is 0.610 bits per heavy atom. The molecule has 29 nitrogen and oxygen atoms in total. The number of carbonyl (C=O) groups is 11. The van der Waals surface area contributed by atoms with Crippen LogP contribution in [0.1, 0.15) is 56.1 Å². The molecule has 1 aromatic heterocycles. The van der Waals surface area contributed by atoms with Crippen molar-refractivity contribution in [3.05, 3.63) is 71.9 Å². The van der Waals surface area contributed by atoms with Crippen molar-refractivity contribution in [1.82, 2.24) is 47.1 Å². The van der Waals surface area contributed by atoms with Gasteiger partial charge in [0.15, 0.2) is 11.5 Å². The topological polar surface area (TPSA) is 435 Å². The van der Waals surface area contributed by atoms with Gasteiger partial charge in [0.2, 0.25) is 47.3 Å². The molecule has 4 atom stereocenters. The first-order chi connectivity index (χ1) is 39.3. The van der Waals surface area contributed by atoms with Crippen LogP contribution in [0.2, 0.25) is 0 Å². The molecule has 1 unspecified atom stereocenters. The fraction of sp³-hybridized carbons (Fsp3) is 0.491. The number of hydrogen-bond acceptors (Lipinski definition) is 18. The van der Waals surface area contributed by atoms with Gasteiger partial charge in [0.05, 0.1) is 52.7 Å². The molecular weight excluding hydrogens is 1080 g/mol. The van der Waals surface area contributed by atoms with Crippen LogP contribution >= 0.6 is 0 Å². The van der Waals surface area contributed by atoms with Crippen LogP contribution in [0.15, 0.2) is 60.8 Å². The Balaban J connectivity index is 1.11. The molecule has 0 fully saturated rings. The van der Waals surface area contributed by atoms with Crippen LogP contribution in [-0.2, 0) is 84.5 Å². The molecule has 1 aliphatic heterocycles. The minimum Gasteiger partial charge on any atom is -0.504 e. The number of nitrogens with two attached hydrogens (primary N) is 1. The third-order valence-corrected chi connectivity index (χ3v) is 12.2. The third kappa shape index (κ3) is 24.5. The van der Waals surface area contributed by atoms with Gasteiger partial charge in [0.1, 0.15) is 37.4 Å². The van der Waals surface area contributed by atoms with Gasteiger partial charge in [-0.05, 0) is 61.4 Å². The zero-order valence-corrected chi connectivity index (χ0v) is 45.1. The van der Waals surface area contributed by atoms with Gasteiger partial charge < -0.3 is 87.3 Å². The minimum atomic E-state index is -1.76. The maximum atomic E-state index is 13.7. The number of nitrogens with one attached hydrogen (secondary N) is 8. The molecule has 0 saturated carbocycles. The van der Waals surface area contributed by atoms with Crippen molar-refractivity contribution in [2.75, 3.05) is 85.6 Å². The molecule has 10 amide bonds. The number of imide groups is 1.